The van der Waals surface area contributed by atoms with Crippen molar-refractivity contribution in [3.63, 3.8) is 0 Å². The van der Waals surface area contributed by atoms with Gasteiger partial charge in [0.1, 0.15) is 0 Å². The Bertz CT molecular complexity index is 809. The summed E-state index contributed by atoms with van der Waals surface area (Å²) in [6.07, 6.45) is 5.33. The van der Waals surface area contributed by atoms with Crippen LogP contribution < -0.4 is 5.32 Å². The number of likely N-dealkylation sites (tertiary alicyclic amines) is 1. The first-order valence-electron chi connectivity index (χ1n) is 8.91. The van der Waals surface area contributed by atoms with Crippen molar-refractivity contribution in [2.45, 2.75) is 31.3 Å². The second-order valence-corrected chi connectivity index (χ2v) is 7.20. The Morgan fingerprint density at radius 2 is 2.00 bits per heavy atom. The molecular weight excluding hydrogens is 332 g/mol. The van der Waals surface area contributed by atoms with Gasteiger partial charge in [-0.15, -0.1) is 0 Å². The second-order valence-electron chi connectivity index (χ2n) is 7.20. The SMILES string of the molecule is O=C1CC(C(=O)O)C2(CCN(Cc3cnn(-c4ccccc4)c3)CC2)N1. The molecule has 136 valence electrons. The van der Waals surface area contributed by atoms with Crippen LogP contribution in [-0.2, 0) is 16.1 Å². The summed E-state index contributed by atoms with van der Waals surface area (Å²) in [5.41, 5.74) is 1.57. The zero-order chi connectivity index (χ0) is 18.1. The van der Waals surface area contributed by atoms with Gasteiger partial charge in [-0.05, 0) is 25.0 Å². The Hall–Kier alpha value is -2.67. The first-order valence-corrected chi connectivity index (χ1v) is 8.91. The molecule has 2 aliphatic heterocycles. The molecule has 2 aliphatic rings. The van der Waals surface area contributed by atoms with Crippen LogP contribution in [0, 0.1) is 5.92 Å². The first-order chi connectivity index (χ1) is 12.6. The zero-order valence-electron chi connectivity index (χ0n) is 14.5. The van der Waals surface area contributed by atoms with E-state index in [1.807, 2.05) is 47.4 Å². The lowest BCUT2D eigenvalue weighted by atomic mass is 9.77. The Morgan fingerprint density at radius 3 is 2.69 bits per heavy atom. The third-order valence-electron chi connectivity index (χ3n) is 5.55. The van der Waals surface area contributed by atoms with Crippen LogP contribution in [-0.4, -0.2) is 50.3 Å². The van der Waals surface area contributed by atoms with Gasteiger partial charge in [0.15, 0.2) is 0 Å². The van der Waals surface area contributed by atoms with Crippen LogP contribution in [0.15, 0.2) is 42.7 Å². The fourth-order valence-corrected chi connectivity index (χ4v) is 4.13. The molecule has 3 heterocycles. The van der Waals surface area contributed by atoms with Gasteiger partial charge in [-0.3, -0.25) is 14.5 Å². The van der Waals surface area contributed by atoms with E-state index >= 15 is 0 Å². The van der Waals surface area contributed by atoms with Crippen LogP contribution in [0.4, 0.5) is 0 Å². The molecular formula is C19H22N4O3. The largest absolute Gasteiger partial charge is 0.481 e. The molecule has 2 saturated heterocycles. The third kappa shape index (κ3) is 3.10. The van der Waals surface area contributed by atoms with E-state index in [-0.39, 0.29) is 12.3 Å². The highest BCUT2D eigenvalue weighted by atomic mass is 16.4. The fourth-order valence-electron chi connectivity index (χ4n) is 4.13. The van der Waals surface area contributed by atoms with E-state index in [0.29, 0.717) is 12.8 Å². The maximum Gasteiger partial charge on any atom is 0.309 e. The molecule has 0 saturated carbocycles. The Labute approximate surface area is 151 Å². The molecule has 1 aromatic heterocycles. The monoisotopic (exact) mass is 354 g/mol. The van der Waals surface area contributed by atoms with Crippen molar-refractivity contribution in [1.82, 2.24) is 20.0 Å². The van der Waals surface area contributed by atoms with Crippen LogP contribution >= 0.6 is 0 Å². The number of carboxylic acids is 1. The van der Waals surface area contributed by atoms with Crippen molar-refractivity contribution in [2.75, 3.05) is 13.1 Å². The molecule has 2 N–H and O–H groups in total. The molecule has 2 fully saturated rings. The van der Waals surface area contributed by atoms with E-state index in [1.54, 1.807) is 0 Å². The van der Waals surface area contributed by atoms with E-state index in [4.69, 9.17) is 0 Å². The van der Waals surface area contributed by atoms with Gasteiger partial charge in [0.25, 0.3) is 0 Å². The summed E-state index contributed by atoms with van der Waals surface area (Å²) in [5.74, 6) is -1.63. The molecule has 2 aromatic rings. The predicted molar refractivity (Wildman–Crippen MR) is 94.7 cm³/mol. The minimum atomic E-state index is -0.874. The van der Waals surface area contributed by atoms with Gasteiger partial charge in [-0.2, -0.15) is 5.10 Å². The number of benzene rings is 1. The first kappa shape index (κ1) is 16.8. The maximum atomic E-state index is 11.7. The van der Waals surface area contributed by atoms with Gasteiger partial charge in [0.05, 0.1) is 23.3 Å². The van der Waals surface area contributed by atoms with Crippen LogP contribution in [0.1, 0.15) is 24.8 Å². The standard InChI is InChI=1S/C19H22N4O3/c24-17-10-16(18(25)26)19(21-17)6-8-22(9-7-19)12-14-11-20-23(13-14)15-4-2-1-3-5-15/h1-5,11,13,16H,6-10,12H2,(H,21,24)(H,25,26). The van der Waals surface area contributed by atoms with E-state index < -0.39 is 17.4 Å². The number of para-hydroxylation sites is 1. The van der Waals surface area contributed by atoms with Crippen molar-refractivity contribution >= 4 is 11.9 Å². The second kappa shape index (κ2) is 6.57. The van der Waals surface area contributed by atoms with E-state index in [2.05, 4.69) is 15.3 Å². The van der Waals surface area contributed by atoms with E-state index in [1.165, 1.54) is 0 Å². The summed E-state index contributed by atoms with van der Waals surface area (Å²) < 4.78 is 1.86. The minimum Gasteiger partial charge on any atom is -0.481 e. The van der Waals surface area contributed by atoms with Crippen LogP contribution in [0.2, 0.25) is 0 Å². The zero-order valence-corrected chi connectivity index (χ0v) is 14.5. The number of aromatic nitrogens is 2. The topological polar surface area (TPSA) is 87.5 Å². The lowest BCUT2D eigenvalue weighted by Gasteiger charge is -2.41. The van der Waals surface area contributed by atoms with Crippen molar-refractivity contribution in [3.8, 4) is 5.69 Å². The number of hydrogen-bond acceptors (Lipinski definition) is 4. The number of hydrogen-bond donors (Lipinski definition) is 2. The van der Waals surface area contributed by atoms with Crippen molar-refractivity contribution in [1.29, 1.82) is 0 Å². The maximum absolute atomic E-state index is 11.7. The van der Waals surface area contributed by atoms with Crippen LogP contribution in [0.25, 0.3) is 5.69 Å². The summed E-state index contributed by atoms with van der Waals surface area (Å²) in [5, 5.41) is 16.8. The molecule has 4 rings (SSSR count). The molecule has 7 heteroatoms. The number of carbonyl (C=O) groups is 2. The summed E-state index contributed by atoms with van der Waals surface area (Å²) in [6.45, 7) is 2.30. The molecule has 1 atom stereocenters. The number of amides is 1. The molecule has 26 heavy (non-hydrogen) atoms. The minimum absolute atomic E-state index is 0.0964. The van der Waals surface area contributed by atoms with Crippen LogP contribution in [0.3, 0.4) is 0 Å². The summed E-state index contributed by atoms with van der Waals surface area (Å²) in [4.78, 5) is 25.5. The number of carboxylic acid groups (broad SMARTS) is 1. The number of nitrogens with zero attached hydrogens (tertiary/aromatic N) is 3. The number of piperidine rings is 1. The summed E-state index contributed by atoms with van der Waals surface area (Å²) >= 11 is 0. The fraction of sp³-hybridized carbons (Fsp3) is 0.421. The molecule has 1 unspecified atom stereocenters. The molecule has 7 nitrogen and oxygen atoms in total. The molecule has 0 bridgehead atoms. The quantitative estimate of drug-likeness (QED) is 0.867. The van der Waals surface area contributed by atoms with Crippen molar-refractivity contribution in [2.24, 2.45) is 5.92 Å². The smallest absolute Gasteiger partial charge is 0.309 e. The highest BCUT2D eigenvalue weighted by Gasteiger charge is 2.51. The van der Waals surface area contributed by atoms with Crippen molar-refractivity contribution in [3.05, 3.63) is 48.3 Å². The Balaban J connectivity index is 1.39. The predicted octanol–water partition coefficient (Wildman–Crippen LogP) is 1.43. The molecule has 1 spiro atoms. The van der Waals surface area contributed by atoms with Gasteiger partial charge in [-0.25, -0.2) is 4.68 Å². The van der Waals surface area contributed by atoms with Crippen molar-refractivity contribution < 1.29 is 14.7 Å². The molecule has 0 aliphatic carbocycles. The Morgan fingerprint density at radius 1 is 1.27 bits per heavy atom. The molecule has 1 amide bonds. The average molecular weight is 354 g/mol. The third-order valence-corrected chi connectivity index (χ3v) is 5.55. The van der Waals surface area contributed by atoms with Gasteiger partial charge in [0.2, 0.25) is 5.91 Å². The number of carbonyl (C=O) groups excluding carboxylic acids is 1. The normalized spacial score (nSPS) is 22.5. The number of aliphatic carboxylic acids is 1. The van der Waals surface area contributed by atoms with E-state index in [9.17, 15) is 14.7 Å². The molecule has 0 radical (unpaired) electrons. The van der Waals surface area contributed by atoms with Gasteiger partial charge >= 0.3 is 5.97 Å². The average Bonchev–Trinajstić information content (AvgIpc) is 3.23. The highest BCUT2D eigenvalue weighted by Crippen LogP contribution is 2.37. The van der Waals surface area contributed by atoms with Gasteiger partial charge < -0.3 is 10.4 Å². The number of nitrogens with one attached hydrogen (secondary N) is 1. The lowest BCUT2D eigenvalue weighted by Crippen LogP contribution is -2.55. The van der Waals surface area contributed by atoms with Gasteiger partial charge in [-0.1, -0.05) is 18.2 Å². The Kier molecular flexibility index (Phi) is 4.24. The summed E-state index contributed by atoms with van der Waals surface area (Å²) in [7, 11) is 0. The molecule has 1 aromatic carbocycles. The lowest BCUT2D eigenvalue weighted by molar-refractivity contribution is -0.144. The highest BCUT2D eigenvalue weighted by molar-refractivity contribution is 5.88. The van der Waals surface area contributed by atoms with Gasteiger partial charge in [0, 0.05) is 37.8 Å². The summed E-state index contributed by atoms with van der Waals surface area (Å²) in [6, 6.07) is 9.96. The van der Waals surface area contributed by atoms with Crippen LogP contribution in [0.5, 0.6) is 0 Å². The number of rotatable bonds is 4. The van der Waals surface area contributed by atoms with E-state index in [0.717, 1.165) is 30.9 Å².